The highest BCUT2D eigenvalue weighted by Crippen LogP contribution is 2.27. The van der Waals surface area contributed by atoms with Crippen LogP contribution in [0.5, 0.6) is 0 Å². The average molecular weight is 208 g/mol. The molecule has 2 aromatic heterocycles. The van der Waals surface area contributed by atoms with E-state index in [1.807, 2.05) is 19.2 Å². The van der Waals surface area contributed by atoms with Crippen molar-refractivity contribution < 1.29 is 4.42 Å². The predicted molar refractivity (Wildman–Crippen MR) is 57.2 cm³/mol. The highest BCUT2D eigenvalue weighted by atomic mass is 32.1. The van der Waals surface area contributed by atoms with Gasteiger partial charge in [-0.15, -0.1) is 11.3 Å². The number of nitrogens with two attached hydrogens (primary N) is 1. The summed E-state index contributed by atoms with van der Waals surface area (Å²) in [6.07, 6.45) is 3.44. The van der Waals surface area contributed by atoms with E-state index >= 15 is 0 Å². The molecule has 0 radical (unpaired) electrons. The summed E-state index contributed by atoms with van der Waals surface area (Å²) in [4.78, 5) is 4.45. The number of furan rings is 1. The molecule has 2 N–H and O–H groups in total. The minimum absolute atomic E-state index is 0.000886. The Bertz CT molecular complexity index is 431. The topological polar surface area (TPSA) is 52.0 Å². The maximum atomic E-state index is 5.74. The Labute approximate surface area is 86.6 Å². The summed E-state index contributed by atoms with van der Waals surface area (Å²) in [5, 5.41) is 2.97. The largest absolute Gasteiger partial charge is 0.472 e. The Hall–Kier alpha value is -1.13. The second kappa shape index (κ2) is 3.55. The van der Waals surface area contributed by atoms with Gasteiger partial charge in [0, 0.05) is 10.9 Å². The molecule has 2 aromatic rings. The van der Waals surface area contributed by atoms with E-state index in [2.05, 4.69) is 4.98 Å². The van der Waals surface area contributed by atoms with Crippen molar-refractivity contribution in [1.82, 2.24) is 4.98 Å². The first-order chi connectivity index (χ1) is 6.68. The Kier molecular flexibility index (Phi) is 2.39. The molecule has 74 valence electrons. The molecule has 1 unspecified atom stereocenters. The molecule has 0 aliphatic carbocycles. The van der Waals surface area contributed by atoms with Crippen LogP contribution in [0.4, 0.5) is 0 Å². The van der Waals surface area contributed by atoms with Gasteiger partial charge in [-0.05, 0) is 19.4 Å². The van der Waals surface area contributed by atoms with E-state index in [0.717, 1.165) is 21.8 Å². The van der Waals surface area contributed by atoms with Crippen LogP contribution in [0.3, 0.4) is 0 Å². The molecular weight excluding hydrogens is 196 g/mol. The van der Waals surface area contributed by atoms with Crippen LogP contribution in [0.1, 0.15) is 23.5 Å². The van der Waals surface area contributed by atoms with E-state index in [4.69, 9.17) is 10.2 Å². The van der Waals surface area contributed by atoms with E-state index in [0.29, 0.717) is 0 Å². The van der Waals surface area contributed by atoms with E-state index < -0.39 is 0 Å². The fourth-order valence-electron chi connectivity index (χ4n) is 1.24. The molecule has 14 heavy (non-hydrogen) atoms. The van der Waals surface area contributed by atoms with Crippen LogP contribution in [0.25, 0.3) is 11.3 Å². The molecule has 0 bridgehead atoms. The van der Waals surface area contributed by atoms with E-state index in [9.17, 15) is 0 Å². The number of rotatable bonds is 2. The third-order valence-electron chi connectivity index (χ3n) is 2.04. The van der Waals surface area contributed by atoms with Crippen molar-refractivity contribution in [2.24, 2.45) is 5.73 Å². The summed E-state index contributed by atoms with van der Waals surface area (Å²) in [6.45, 7) is 3.94. The number of aromatic nitrogens is 1. The monoisotopic (exact) mass is 208 g/mol. The second-order valence-corrected chi connectivity index (χ2v) is 4.22. The molecule has 2 rings (SSSR count). The van der Waals surface area contributed by atoms with Crippen LogP contribution < -0.4 is 5.73 Å². The summed E-state index contributed by atoms with van der Waals surface area (Å²) in [5.74, 6) is 0. The summed E-state index contributed by atoms with van der Waals surface area (Å²) in [7, 11) is 0. The van der Waals surface area contributed by atoms with Gasteiger partial charge in [-0.2, -0.15) is 0 Å². The summed E-state index contributed by atoms with van der Waals surface area (Å²) < 4.78 is 5.10. The van der Waals surface area contributed by atoms with Gasteiger partial charge in [-0.25, -0.2) is 4.98 Å². The number of hydrogen-bond acceptors (Lipinski definition) is 4. The Morgan fingerprint density at radius 2 is 2.29 bits per heavy atom. The SMILES string of the molecule is Cc1cocc1-c1csc(C(C)N)n1. The van der Waals surface area contributed by atoms with Crippen molar-refractivity contribution in [3.63, 3.8) is 0 Å². The lowest BCUT2D eigenvalue weighted by Crippen LogP contribution is -2.03. The molecule has 0 amide bonds. The maximum Gasteiger partial charge on any atom is 0.110 e. The minimum atomic E-state index is 0.000886. The fourth-order valence-corrected chi connectivity index (χ4v) is 2.02. The van der Waals surface area contributed by atoms with Crippen LogP contribution >= 0.6 is 11.3 Å². The molecule has 0 spiro atoms. The molecule has 0 aliphatic rings. The zero-order valence-corrected chi connectivity index (χ0v) is 8.97. The second-order valence-electron chi connectivity index (χ2n) is 3.33. The molecule has 0 fully saturated rings. The zero-order chi connectivity index (χ0) is 10.1. The Morgan fingerprint density at radius 1 is 1.50 bits per heavy atom. The number of nitrogens with zero attached hydrogens (tertiary/aromatic N) is 1. The molecule has 1 atom stereocenters. The summed E-state index contributed by atoms with van der Waals surface area (Å²) in [5.41, 5.74) is 8.85. The van der Waals surface area contributed by atoms with E-state index in [-0.39, 0.29) is 6.04 Å². The molecular formula is C10H12N2OS. The van der Waals surface area contributed by atoms with Gasteiger partial charge < -0.3 is 10.2 Å². The maximum absolute atomic E-state index is 5.74. The first kappa shape index (κ1) is 9.43. The zero-order valence-electron chi connectivity index (χ0n) is 8.15. The average Bonchev–Trinajstić information content (AvgIpc) is 2.71. The van der Waals surface area contributed by atoms with Crippen molar-refractivity contribution in [2.75, 3.05) is 0 Å². The van der Waals surface area contributed by atoms with E-state index in [1.165, 1.54) is 0 Å². The molecule has 3 nitrogen and oxygen atoms in total. The number of thiazole rings is 1. The van der Waals surface area contributed by atoms with Gasteiger partial charge >= 0.3 is 0 Å². The van der Waals surface area contributed by atoms with E-state index in [1.54, 1.807) is 23.9 Å². The quantitative estimate of drug-likeness (QED) is 0.825. The van der Waals surface area contributed by atoms with Crippen molar-refractivity contribution in [3.8, 4) is 11.3 Å². The van der Waals surface area contributed by atoms with Gasteiger partial charge in [-0.3, -0.25) is 0 Å². The predicted octanol–water partition coefficient (Wildman–Crippen LogP) is 2.73. The molecule has 4 heteroatoms. The van der Waals surface area contributed by atoms with Crippen LogP contribution in [-0.4, -0.2) is 4.98 Å². The first-order valence-electron chi connectivity index (χ1n) is 4.42. The minimum Gasteiger partial charge on any atom is -0.472 e. The van der Waals surface area contributed by atoms with Gasteiger partial charge in [0.05, 0.1) is 24.3 Å². The number of aryl methyl sites for hydroxylation is 1. The Balaban J connectivity index is 2.39. The fraction of sp³-hybridized carbons (Fsp3) is 0.300. The highest BCUT2D eigenvalue weighted by molar-refractivity contribution is 7.10. The van der Waals surface area contributed by atoms with Gasteiger partial charge in [0.1, 0.15) is 5.01 Å². The van der Waals surface area contributed by atoms with Crippen LogP contribution in [-0.2, 0) is 0 Å². The van der Waals surface area contributed by atoms with Gasteiger partial charge in [0.25, 0.3) is 0 Å². The first-order valence-corrected chi connectivity index (χ1v) is 5.30. The van der Waals surface area contributed by atoms with Crippen molar-refractivity contribution in [2.45, 2.75) is 19.9 Å². The standard InChI is InChI=1S/C10H12N2OS/c1-6-3-13-4-8(6)9-5-14-10(12-9)7(2)11/h3-5,7H,11H2,1-2H3. The van der Waals surface area contributed by atoms with Gasteiger partial charge in [-0.1, -0.05) is 0 Å². The number of hydrogen-bond donors (Lipinski definition) is 1. The molecule has 0 saturated heterocycles. The Morgan fingerprint density at radius 3 is 2.79 bits per heavy atom. The third-order valence-corrected chi connectivity index (χ3v) is 3.09. The van der Waals surface area contributed by atoms with Crippen LogP contribution in [0.15, 0.2) is 22.3 Å². The molecule has 0 aromatic carbocycles. The molecule has 0 aliphatic heterocycles. The highest BCUT2D eigenvalue weighted by Gasteiger charge is 2.10. The lowest BCUT2D eigenvalue weighted by Gasteiger charge is -1.97. The lowest BCUT2D eigenvalue weighted by molar-refractivity contribution is 0.566. The summed E-state index contributed by atoms with van der Waals surface area (Å²) in [6, 6.07) is 0.000886. The summed E-state index contributed by atoms with van der Waals surface area (Å²) >= 11 is 1.59. The van der Waals surface area contributed by atoms with Crippen LogP contribution in [0.2, 0.25) is 0 Å². The molecule has 0 saturated carbocycles. The molecule has 2 heterocycles. The van der Waals surface area contributed by atoms with Crippen LogP contribution in [0, 0.1) is 6.92 Å². The van der Waals surface area contributed by atoms with Gasteiger partial charge in [0.2, 0.25) is 0 Å². The normalized spacial score (nSPS) is 13.1. The van der Waals surface area contributed by atoms with Gasteiger partial charge in [0.15, 0.2) is 0 Å². The third kappa shape index (κ3) is 1.58. The van der Waals surface area contributed by atoms with Crippen molar-refractivity contribution >= 4 is 11.3 Å². The smallest absolute Gasteiger partial charge is 0.110 e. The lowest BCUT2D eigenvalue weighted by atomic mass is 10.2. The van der Waals surface area contributed by atoms with Crippen molar-refractivity contribution in [3.05, 3.63) is 28.5 Å². The van der Waals surface area contributed by atoms with Crippen molar-refractivity contribution in [1.29, 1.82) is 0 Å².